The highest BCUT2D eigenvalue weighted by molar-refractivity contribution is 5.81. The van der Waals surface area contributed by atoms with Gasteiger partial charge in [-0.3, -0.25) is 9.59 Å². The summed E-state index contributed by atoms with van der Waals surface area (Å²) in [6.07, 6.45) is 5.46. The molecular weight excluding hydrogens is 292 g/mol. The van der Waals surface area contributed by atoms with E-state index in [0.29, 0.717) is 12.8 Å². The van der Waals surface area contributed by atoms with Crippen molar-refractivity contribution in [3.63, 3.8) is 0 Å². The smallest absolute Gasteiger partial charge is 0.310 e. The van der Waals surface area contributed by atoms with Crippen LogP contribution < -0.4 is 0 Å². The number of benzene rings is 1. The third-order valence-corrected chi connectivity index (χ3v) is 4.64. The Kier molecular flexibility index (Phi) is 6.63. The number of aliphatic carboxylic acids is 1. The van der Waals surface area contributed by atoms with Gasteiger partial charge in [-0.05, 0) is 31.2 Å². The molecule has 0 amide bonds. The average molecular weight is 318 g/mol. The molecule has 4 heteroatoms. The summed E-state index contributed by atoms with van der Waals surface area (Å²) in [6.45, 7) is 2.10. The molecule has 3 atom stereocenters. The molecule has 0 bridgehead atoms. The van der Waals surface area contributed by atoms with Crippen LogP contribution in [0.5, 0.6) is 0 Å². The van der Waals surface area contributed by atoms with E-state index in [2.05, 4.69) is 6.92 Å². The summed E-state index contributed by atoms with van der Waals surface area (Å²) in [5.74, 6) is -2.33. The van der Waals surface area contributed by atoms with E-state index in [1.165, 1.54) is 0 Å². The van der Waals surface area contributed by atoms with E-state index in [1.807, 2.05) is 30.3 Å². The summed E-state index contributed by atoms with van der Waals surface area (Å²) >= 11 is 0. The molecule has 1 N–H and O–H groups in total. The molecule has 1 saturated carbocycles. The Morgan fingerprint density at radius 2 is 1.83 bits per heavy atom. The minimum atomic E-state index is -0.878. The normalized spacial score (nSPS) is 22.3. The van der Waals surface area contributed by atoms with Gasteiger partial charge in [0.1, 0.15) is 6.10 Å². The number of carboxylic acid groups (broad SMARTS) is 1. The molecule has 0 heterocycles. The summed E-state index contributed by atoms with van der Waals surface area (Å²) in [6, 6.07) is 9.72. The molecule has 1 aromatic rings. The van der Waals surface area contributed by atoms with Crippen LogP contribution in [0.1, 0.15) is 63.5 Å². The number of esters is 1. The Morgan fingerprint density at radius 1 is 1.17 bits per heavy atom. The number of ether oxygens (including phenoxy) is 1. The first-order valence-corrected chi connectivity index (χ1v) is 8.61. The number of hydrogen-bond donors (Lipinski definition) is 1. The summed E-state index contributed by atoms with van der Waals surface area (Å²) in [7, 11) is 0. The number of carbonyl (C=O) groups is 2. The molecule has 0 aliphatic heterocycles. The zero-order valence-electron chi connectivity index (χ0n) is 13.7. The number of carbonyl (C=O) groups excluding carboxylic acids is 1. The maximum Gasteiger partial charge on any atom is 0.310 e. The van der Waals surface area contributed by atoms with Gasteiger partial charge in [-0.25, -0.2) is 0 Å². The summed E-state index contributed by atoms with van der Waals surface area (Å²) in [5.41, 5.74) is 0.983. The second kappa shape index (κ2) is 8.70. The largest absolute Gasteiger partial charge is 0.481 e. The fourth-order valence-electron chi connectivity index (χ4n) is 3.29. The van der Waals surface area contributed by atoms with E-state index in [-0.39, 0.29) is 12.1 Å². The Labute approximate surface area is 137 Å². The molecule has 1 aliphatic rings. The molecule has 0 saturated heterocycles. The van der Waals surface area contributed by atoms with Crippen LogP contribution in [0.4, 0.5) is 0 Å². The Hall–Kier alpha value is -1.84. The van der Waals surface area contributed by atoms with E-state index in [1.54, 1.807) is 0 Å². The van der Waals surface area contributed by atoms with Crippen LogP contribution in [0.3, 0.4) is 0 Å². The van der Waals surface area contributed by atoms with Gasteiger partial charge in [0.2, 0.25) is 0 Å². The van der Waals surface area contributed by atoms with Gasteiger partial charge in [-0.15, -0.1) is 0 Å². The van der Waals surface area contributed by atoms with Gasteiger partial charge in [0, 0.05) is 0 Å². The molecule has 23 heavy (non-hydrogen) atoms. The Bertz CT molecular complexity index is 511. The zero-order chi connectivity index (χ0) is 16.7. The average Bonchev–Trinajstić information content (AvgIpc) is 2.59. The van der Waals surface area contributed by atoms with Gasteiger partial charge in [0.05, 0.1) is 11.8 Å². The molecular formula is C19H26O4. The highest BCUT2D eigenvalue weighted by Gasteiger charge is 2.37. The second-order valence-electron chi connectivity index (χ2n) is 6.31. The van der Waals surface area contributed by atoms with Gasteiger partial charge in [0.25, 0.3) is 0 Å². The van der Waals surface area contributed by atoms with Crippen molar-refractivity contribution in [3.05, 3.63) is 35.9 Å². The topological polar surface area (TPSA) is 63.6 Å². The van der Waals surface area contributed by atoms with Gasteiger partial charge >= 0.3 is 11.9 Å². The van der Waals surface area contributed by atoms with Crippen LogP contribution >= 0.6 is 0 Å². The number of carboxylic acids is 1. The second-order valence-corrected chi connectivity index (χ2v) is 6.31. The van der Waals surface area contributed by atoms with E-state index < -0.39 is 17.8 Å². The van der Waals surface area contributed by atoms with E-state index in [4.69, 9.17) is 4.74 Å². The third-order valence-electron chi connectivity index (χ3n) is 4.64. The standard InChI is InChI=1S/C19H26O4/c1-2-3-13-17(14-9-5-4-6-10-14)23-19(22)16-12-8-7-11-15(16)18(20)21/h4-6,9-10,15-17H,2-3,7-8,11-13H2,1H3,(H,20,21). The maximum absolute atomic E-state index is 12.6. The molecule has 0 aromatic heterocycles. The lowest BCUT2D eigenvalue weighted by molar-refractivity contribution is -0.164. The first-order chi connectivity index (χ1) is 11.1. The predicted molar refractivity (Wildman–Crippen MR) is 87.9 cm³/mol. The minimum absolute atomic E-state index is 0.278. The molecule has 126 valence electrons. The lowest BCUT2D eigenvalue weighted by Crippen LogP contribution is -2.34. The van der Waals surface area contributed by atoms with Crippen molar-refractivity contribution in [1.29, 1.82) is 0 Å². The van der Waals surface area contributed by atoms with Crippen molar-refractivity contribution in [3.8, 4) is 0 Å². The van der Waals surface area contributed by atoms with Crippen molar-refractivity contribution in [2.24, 2.45) is 11.8 Å². The quantitative estimate of drug-likeness (QED) is 0.759. The zero-order valence-corrected chi connectivity index (χ0v) is 13.7. The Balaban J connectivity index is 2.08. The van der Waals surface area contributed by atoms with Crippen molar-refractivity contribution in [1.82, 2.24) is 0 Å². The highest BCUT2D eigenvalue weighted by Crippen LogP contribution is 2.33. The summed E-state index contributed by atoms with van der Waals surface area (Å²) in [4.78, 5) is 24.0. The van der Waals surface area contributed by atoms with E-state index in [0.717, 1.165) is 37.7 Å². The van der Waals surface area contributed by atoms with Crippen molar-refractivity contribution in [2.75, 3.05) is 0 Å². The highest BCUT2D eigenvalue weighted by atomic mass is 16.5. The van der Waals surface area contributed by atoms with Crippen LogP contribution in [0.25, 0.3) is 0 Å². The van der Waals surface area contributed by atoms with Gasteiger partial charge in [0.15, 0.2) is 0 Å². The fraction of sp³-hybridized carbons (Fsp3) is 0.579. The molecule has 3 unspecified atom stereocenters. The number of unbranched alkanes of at least 4 members (excludes halogenated alkanes) is 1. The van der Waals surface area contributed by atoms with Crippen LogP contribution in [0, 0.1) is 11.8 Å². The number of hydrogen-bond acceptors (Lipinski definition) is 3. The molecule has 4 nitrogen and oxygen atoms in total. The molecule has 1 fully saturated rings. The fourth-order valence-corrected chi connectivity index (χ4v) is 3.29. The molecule has 2 rings (SSSR count). The van der Waals surface area contributed by atoms with Crippen molar-refractivity contribution >= 4 is 11.9 Å². The maximum atomic E-state index is 12.6. The minimum Gasteiger partial charge on any atom is -0.481 e. The summed E-state index contributed by atoms with van der Waals surface area (Å²) < 4.78 is 5.76. The third kappa shape index (κ3) is 4.81. The van der Waals surface area contributed by atoms with Crippen LogP contribution in [-0.4, -0.2) is 17.0 Å². The van der Waals surface area contributed by atoms with E-state index in [9.17, 15) is 14.7 Å². The van der Waals surface area contributed by atoms with Gasteiger partial charge in [-0.1, -0.05) is 56.5 Å². The lowest BCUT2D eigenvalue weighted by Gasteiger charge is -2.29. The SMILES string of the molecule is CCCCC(OC(=O)C1CCCCC1C(=O)O)c1ccccc1. The Morgan fingerprint density at radius 3 is 2.43 bits per heavy atom. The number of rotatable bonds is 7. The summed E-state index contributed by atoms with van der Waals surface area (Å²) in [5, 5.41) is 9.34. The molecule has 1 aromatic carbocycles. The monoisotopic (exact) mass is 318 g/mol. The van der Waals surface area contributed by atoms with Crippen molar-refractivity contribution < 1.29 is 19.4 Å². The van der Waals surface area contributed by atoms with Crippen LogP contribution in [0.2, 0.25) is 0 Å². The van der Waals surface area contributed by atoms with E-state index >= 15 is 0 Å². The molecule has 0 spiro atoms. The molecule has 1 aliphatic carbocycles. The van der Waals surface area contributed by atoms with Crippen LogP contribution in [0.15, 0.2) is 30.3 Å². The lowest BCUT2D eigenvalue weighted by atomic mass is 9.79. The predicted octanol–water partition coefficient (Wildman–Crippen LogP) is 4.35. The first-order valence-electron chi connectivity index (χ1n) is 8.61. The van der Waals surface area contributed by atoms with Crippen molar-refractivity contribution in [2.45, 2.75) is 58.0 Å². The first kappa shape index (κ1) is 17.5. The van der Waals surface area contributed by atoms with Crippen LogP contribution in [-0.2, 0) is 14.3 Å². The van der Waals surface area contributed by atoms with Gasteiger partial charge in [-0.2, -0.15) is 0 Å². The van der Waals surface area contributed by atoms with Gasteiger partial charge < -0.3 is 9.84 Å². The molecule has 0 radical (unpaired) electrons.